The lowest BCUT2D eigenvalue weighted by Gasteiger charge is -2.17. The molecule has 0 atom stereocenters. The first-order chi connectivity index (χ1) is 9.10. The number of hydrogen-bond acceptors (Lipinski definition) is 3. The molecule has 0 aliphatic carbocycles. The molecule has 0 fully saturated rings. The van der Waals surface area contributed by atoms with E-state index in [0.29, 0.717) is 16.8 Å². The van der Waals surface area contributed by atoms with Gasteiger partial charge in [0.05, 0.1) is 16.8 Å². The first-order valence-electron chi connectivity index (χ1n) is 6.04. The van der Waals surface area contributed by atoms with Gasteiger partial charge in [0.25, 0.3) is 0 Å². The highest BCUT2D eigenvalue weighted by molar-refractivity contribution is 5.76. The van der Waals surface area contributed by atoms with Crippen molar-refractivity contribution in [2.24, 2.45) is 0 Å². The average Bonchev–Trinajstić information content (AvgIpc) is 2.70. The Morgan fingerprint density at radius 3 is 2.35 bits per heavy atom. The van der Waals surface area contributed by atoms with Crippen molar-refractivity contribution in [2.45, 2.75) is 32.4 Å². The second-order valence-corrected chi connectivity index (χ2v) is 5.60. The number of benzene rings is 1. The molecule has 2 rings (SSSR count). The summed E-state index contributed by atoms with van der Waals surface area (Å²) in [5.74, 6) is 0.0225. The van der Waals surface area contributed by atoms with Crippen molar-refractivity contribution < 1.29 is 17.7 Å². The fourth-order valence-corrected chi connectivity index (χ4v) is 1.94. The van der Waals surface area contributed by atoms with Gasteiger partial charge in [-0.2, -0.15) is 13.2 Å². The van der Waals surface area contributed by atoms with Gasteiger partial charge in [-0.3, -0.25) is 0 Å². The smallest absolute Gasteiger partial charge is 0.367 e. The lowest BCUT2D eigenvalue weighted by atomic mass is 9.87. The molecule has 1 aromatic heterocycles. The molecule has 0 bridgehead atoms. The standard InChI is InChI=1S/C14H15F3N2O/c1-13(2,3)11-10(12(18)20-19-11)8-5-4-6-9(7-8)14(15,16)17/h4-7H,18H2,1-3H3. The molecule has 0 aliphatic rings. The molecule has 0 spiro atoms. The van der Waals surface area contributed by atoms with Crippen LogP contribution in [0.5, 0.6) is 0 Å². The third-order valence-corrected chi connectivity index (χ3v) is 2.91. The van der Waals surface area contributed by atoms with Crippen LogP contribution in [0.3, 0.4) is 0 Å². The van der Waals surface area contributed by atoms with Crippen LogP contribution in [0.2, 0.25) is 0 Å². The van der Waals surface area contributed by atoms with Crippen LogP contribution in [-0.2, 0) is 11.6 Å². The maximum absolute atomic E-state index is 12.8. The van der Waals surface area contributed by atoms with E-state index in [1.165, 1.54) is 6.07 Å². The molecule has 1 aromatic carbocycles. The van der Waals surface area contributed by atoms with Gasteiger partial charge < -0.3 is 10.3 Å². The molecule has 6 heteroatoms. The van der Waals surface area contributed by atoms with Crippen molar-refractivity contribution in [3.8, 4) is 11.1 Å². The van der Waals surface area contributed by atoms with Gasteiger partial charge in [0.15, 0.2) is 0 Å². The van der Waals surface area contributed by atoms with E-state index >= 15 is 0 Å². The Labute approximate surface area is 114 Å². The Hall–Kier alpha value is -1.98. The van der Waals surface area contributed by atoms with E-state index in [1.54, 1.807) is 6.07 Å². The molecular weight excluding hydrogens is 269 g/mol. The number of nitrogens with two attached hydrogens (primary N) is 1. The summed E-state index contributed by atoms with van der Waals surface area (Å²) in [6.45, 7) is 5.67. The van der Waals surface area contributed by atoms with Crippen LogP contribution in [0.4, 0.5) is 19.1 Å². The Morgan fingerprint density at radius 1 is 1.15 bits per heavy atom. The number of nitrogen functional groups attached to an aromatic ring is 1. The predicted octanol–water partition coefficient (Wildman–Crippen LogP) is 4.24. The molecule has 0 saturated heterocycles. The number of anilines is 1. The maximum Gasteiger partial charge on any atom is 0.416 e. The van der Waals surface area contributed by atoms with Crippen molar-refractivity contribution in [1.29, 1.82) is 0 Å². The van der Waals surface area contributed by atoms with Crippen molar-refractivity contribution in [2.75, 3.05) is 5.73 Å². The fourth-order valence-electron chi connectivity index (χ4n) is 1.94. The number of rotatable bonds is 1. The van der Waals surface area contributed by atoms with Gasteiger partial charge in [0.1, 0.15) is 0 Å². The Morgan fingerprint density at radius 2 is 1.80 bits per heavy atom. The largest absolute Gasteiger partial charge is 0.416 e. The third-order valence-electron chi connectivity index (χ3n) is 2.91. The minimum absolute atomic E-state index is 0.0225. The summed E-state index contributed by atoms with van der Waals surface area (Å²) in [7, 11) is 0. The molecule has 2 N–H and O–H groups in total. The van der Waals surface area contributed by atoms with Crippen LogP contribution in [0, 0.1) is 0 Å². The normalized spacial score (nSPS) is 12.7. The molecule has 0 radical (unpaired) electrons. The van der Waals surface area contributed by atoms with E-state index in [9.17, 15) is 13.2 Å². The van der Waals surface area contributed by atoms with E-state index in [4.69, 9.17) is 10.3 Å². The first-order valence-corrected chi connectivity index (χ1v) is 6.04. The number of hydrogen-bond donors (Lipinski definition) is 1. The lowest BCUT2D eigenvalue weighted by molar-refractivity contribution is -0.137. The topological polar surface area (TPSA) is 52.0 Å². The summed E-state index contributed by atoms with van der Waals surface area (Å²) in [6, 6.07) is 4.98. The van der Waals surface area contributed by atoms with Gasteiger partial charge in [-0.15, -0.1) is 0 Å². The van der Waals surface area contributed by atoms with E-state index in [-0.39, 0.29) is 11.3 Å². The van der Waals surface area contributed by atoms with Crippen LogP contribution in [-0.4, -0.2) is 5.16 Å². The Bertz CT molecular complexity index is 624. The zero-order chi connectivity index (χ0) is 15.1. The van der Waals surface area contributed by atoms with Gasteiger partial charge >= 0.3 is 6.18 Å². The summed E-state index contributed by atoms with van der Waals surface area (Å²) < 4.78 is 43.3. The molecule has 0 saturated carbocycles. The quantitative estimate of drug-likeness (QED) is 0.852. The van der Waals surface area contributed by atoms with Crippen LogP contribution < -0.4 is 5.73 Å². The number of halogens is 3. The Balaban J connectivity index is 2.61. The molecule has 3 nitrogen and oxygen atoms in total. The van der Waals surface area contributed by atoms with Crippen molar-refractivity contribution >= 4 is 5.88 Å². The van der Waals surface area contributed by atoms with E-state index in [1.807, 2.05) is 20.8 Å². The summed E-state index contributed by atoms with van der Waals surface area (Å²) >= 11 is 0. The summed E-state index contributed by atoms with van der Waals surface area (Å²) in [5.41, 5.74) is 5.92. The van der Waals surface area contributed by atoms with Crippen molar-refractivity contribution in [3.05, 3.63) is 35.5 Å². The minimum Gasteiger partial charge on any atom is -0.367 e. The van der Waals surface area contributed by atoms with Crippen LogP contribution in [0.25, 0.3) is 11.1 Å². The van der Waals surface area contributed by atoms with Crippen molar-refractivity contribution in [3.63, 3.8) is 0 Å². The highest BCUT2D eigenvalue weighted by Gasteiger charge is 2.32. The molecule has 0 unspecified atom stereocenters. The van der Waals surface area contributed by atoms with E-state index in [0.717, 1.165) is 12.1 Å². The molecule has 0 aliphatic heterocycles. The van der Waals surface area contributed by atoms with Crippen LogP contribution >= 0.6 is 0 Å². The summed E-state index contributed by atoms with van der Waals surface area (Å²) in [6.07, 6.45) is -4.40. The highest BCUT2D eigenvalue weighted by Crippen LogP contribution is 2.38. The van der Waals surface area contributed by atoms with Gasteiger partial charge in [0.2, 0.25) is 5.88 Å². The zero-order valence-electron chi connectivity index (χ0n) is 11.4. The highest BCUT2D eigenvalue weighted by atomic mass is 19.4. The molecule has 2 aromatic rings. The third kappa shape index (κ3) is 2.64. The van der Waals surface area contributed by atoms with Gasteiger partial charge in [0, 0.05) is 5.41 Å². The maximum atomic E-state index is 12.8. The predicted molar refractivity (Wildman–Crippen MR) is 70.1 cm³/mol. The van der Waals surface area contributed by atoms with Crippen LogP contribution in [0.1, 0.15) is 32.0 Å². The summed E-state index contributed by atoms with van der Waals surface area (Å²) in [5, 5.41) is 3.87. The number of nitrogens with zero attached hydrogens (tertiary/aromatic N) is 1. The minimum atomic E-state index is -4.40. The molecule has 0 amide bonds. The zero-order valence-corrected chi connectivity index (χ0v) is 11.4. The van der Waals surface area contributed by atoms with E-state index in [2.05, 4.69) is 5.16 Å². The van der Waals surface area contributed by atoms with Gasteiger partial charge in [-0.05, 0) is 17.7 Å². The molecule has 1 heterocycles. The number of aromatic nitrogens is 1. The SMILES string of the molecule is CC(C)(C)c1noc(N)c1-c1cccc(C(F)(F)F)c1. The van der Waals surface area contributed by atoms with Crippen LogP contribution in [0.15, 0.2) is 28.8 Å². The Kier molecular flexibility index (Phi) is 3.28. The van der Waals surface area contributed by atoms with Crippen molar-refractivity contribution in [1.82, 2.24) is 5.16 Å². The molecule has 20 heavy (non-hydrogen) atoms. The average molecular weight is 284 g/mol. The van der Waals surface area contributed by atoms with Gasteiger partial charge in [-0.1, -0.05) is 38.1 Å². The monoisotopic (exact) mass is 284 g/mol. The second-order valence-electron chi connectivity index (χ2n) is 5.60. The van der Waals surface area contributed by atoms with Gasteiger partial charge in [-0.25, -0.2) is 0 Å². The fraction of sp³-hybridized carbons (Fsp3) is 0.357. The van der Waals surface area contributed by atoms with E-state index < -0.39 is 11.7 Å². The lowest BCUT2D eigenvalue weighted by Crippen LogP contribution is -2.13. The number of alkyl halides is 3. The summed E-state index contributed by atoms with van der Waals surface area (Å²) in [4.78, 5) is 0. The first kappa shape index (κ1) is 14.4. The molecular formula is C14H15F3N2O. The second kappa shape index (κ2) is 4.54. The molecule has 108 valence electrons.